The summed E-state index contributed by atoms with van der Waals surface area (Å²) >= 11 is 21.6. The number of amides is 1. The first-order valence-electron chi connectivity index (χ1n) is 8.84. The Labute approximate surface area is 193 Å². The lowest BCUT2D eigenvalue weighted by atomic mass is 9.99. The molecular formula is C19H18BrCl3N2O3S. The summed E-state index contributed by atoms with van der Waals surface area (Å²) in [6, 6.07) is 9.98. The van der Waals surface area contributed by atoms with Gasteiger partial charge in [-0.1, -0.05) is 40.9 Å². The minimum atomic E-state index is -3.68. The third-order valence-electron chi connectivity index (χ3n) is 4.72. The topological polar surface area (TPSA) is 66.5 Å². The molecule has 0 bridgehead atoms. The van der Waals surface area contributed by atoms with Crippen LogP contribution in [0, 0.1) is 5.92 Å². The zero-order valence-corrected chi connectivity index (χ0v) is 19.8. The van der Waals surface area contributed by atoms with Gasteiger partial charge >= 0.3 is 0 Å². The third-order valence-corrected chi connectivity index (χ3v) is 8.44. The molecule has 1 heterocycles. The Morgan fingerprint density at radius 3 is 2.48 bits per heavy atom. The number of halogens is 4. The van der Waals surface area contributed by atoms with E-state index in [0.29, 0.717) is 45.7 Å². The number of hydrogen-bond donors (Lipinski definition) is 1. The number of nitrogens with one attached hydrogen (secondary N) is 1. The molecule has 0 unspecified atom stereocenters. The molecule has 156 valence electrons. The summed E-state index contributed by atoms with van der Waals surface area (Å²) < 4.78 is 27.9. The van der Waals surface area contributed by atoms with Crippen molar-refractivity contribution in [2.45, 2.75) is 18.6 Å². The molecule has 1 amide bonds. The predicted molar refractivity (Wildman–Crippen MR) is 121 cm³/mol. The second kappa shape index (κ2) is 9.54. The Bertz CT molecular complexity index is 1010. The Hall–Kier alpha value is -0.830. The van der Waals surface area contributed by atoms with Crippen LogP contribution in [0.1, 0.15) is 18.4 Å². The van der Waals surface area contributed by atoms with Gasteiger partial charge in [-0.3, -0.25) is 4.79 Å². The van der Waals surface area contributed by atoms with E-state index in [1.807, 2.05) is 0 Å². The summed E-state index contributed by atoms with van der Waals surface area (Å²) in [6.45, 7) is 0.471. The van der Waals surface area contributed by atoms with Crippen LogP contribution in [-0.4, -0.2) is 31.7 Å². The summed E-state index contributed by atoms with van der Waals surface area (Å²) in [6.07, 6.45) is 1.20. The molecule has 5 nitrogen and oxygen atoms in total. The first-order valence-corrected chi connectivity index (χ1v) is 12.4. The summed E-state index contributed by atoms with van der Waals surface area (Å²) in [4.78, 5) is 12.7. The fraction of sp³-hybridized carbons (Fsp3) is 0.316. The molecule has 0 aromatic heterocycles. The predicted octanol–water partition coefficient (Wildman–Crippen LogP) is 5.59. The van der Waals surface area contributed by atoms with Crippen LogP contribution < -0.4 is 5.32 Å². The van der Waals surface area contributed by atoms with E-state index >= 15 is 0 Å². The normalized spacial score (nSPS) is 17.9. The van der Waals surface area contributed by atoms with Crippen molar-refractivity contribution >= 4 is 72.4 Å². The zero-order chi connectivity index (χ0) is 21.2. The Kier molecular flexibility index (Phi) is 7.51. The van der Waals surface area contributed by atoms with Crippen LogP contribution in [0.2, 0.25) is 15.1 Å². The molecule has 0 radical (unpaired) electrons. The summed E-state index contributed by atoms with van der Waals surface area (Å²) in [5.41, 5.74) is 0.929. The zero-order valence-electron chi connectivity index (χ0n) is 15.2. The van der Waals surface area contributed by atoms with Crippen molar-refractivity contribution in [2.24, 2.45) is 5.92 Å². The molecule has 29 heavy (non-hydrogen) atoms. The molecule has 1 N–H and O–H groups in total. The molecule has 1 atom stereocenters. The summed E-state index contributed by atoms with van der Waals surface area (Å²) in [5.74, 6) is -0.996. The number of rotatable bonds is 5. The average molecular weight is 541 g/mol. The van der Waals surface area contributed by atoms with Gasteiger partial charge in [0.1, 0.15) is 0 Å². The minimum absolute atomic E-state index is 0.112. The first kappa shape index (κ1) is 22.8. The van der Waals surface area contributed by atoms with Crippen molar-refractivity contribution in [3.8, 4) is 0 Å². The highest BCUT2D eigenvalue weighted by molar-refractivity contribution is 9.10. The van der Waals surface area contributed by atoms with Crippen LogP contribution in [0.15, 0.2) is 40.9 Å². The van der Waals surface area contributed by atoms with Crippen LogP contribution in [0.3, 0.4) is 0 Å². The lowest BCUT2D eigenvalue weighted by Gasteiger charge is -2.31. The maximum Gasteiger partial charge on any atom is 0.228 e. The molecule has 3 rings (SSSR count). The minimum Gasteiger partial charge on any atom is -0.326 e. The van der Waals surface area contributed by atoms with Gasteiger partial charge in [-0.05, 0) is 59.1 Å². The number of hydrogen-bond acceptors (Lipinski definition) is 3. The molecule has 0 saturated carbocycles. The first-order chi connectivity index (χ1) is 13.7. The molecule has 2 aromatic carbocycles. The van der Waals surface area contributed by atoms with Crippen molar-refractivity contribution in [1.82, 2.24) is 4.31 Å². The second-order valence-corrected chi connectivity index (χ2v) is 10.8. The fourth-order valence-corrected chi connectivity index (χ4v) is 5.96. The van der Waals surface area contributed by atoms with E-state index in [2.05, 4.69) is 21.2 Å². The maximum atomic E-state index is 12.9. The van der Waals surface area contributed by atoms with Crippen molar-refractivity contribution < 1.29 is 13.2 Å². The molecule has 10 heteroatoms. The highest BCUT2D eigenvalue weighted by Gasteiger charge is 2.33. The van der Waals surface area contributed by atoms with Gasteiger partial charge in [0.2, 0.25) is 15.9 Å². The number of nitrogens with zero attached hydrogens (tertiary/aromatic N) is 1. The molecule has 1 fully saturated rings. The van der Waals surface area contributed by atoms with Crippen LogP contribution in [0.25, 0.3) is 0 Å². The van der Waals surface area contributed by atoms with Crippen LogP contribution in [0.4, 0.5) is 5.69 Å². The molecule has 2 aromatic rings. The largest absolute Gasteiger partial charge is 0.326 e. The third kappa shape index (κ3) is 5.66. The number of benzene rings is 2. The van der Waals surface area contributed by atoms with Crippen molar-refractivity contribution in [3.05, 3.63) is 61.5 Å². The Morgan fingerprint density at radius 2 is 1.83 bits per heavy atom. The molecule has 0 spiro atoms. The number of carbonyl (C=O) groups excluding carboxylic acids is 1. The van der Waals surface area contributed by atoms with Gasteiger partial charge in [0.15, 0.2) is 0 Å². The van der Waals surface area contributed by atoms with Gasteiger partial charge in [-0.15, -0.1) is 0 Å². The summed E-state index contributed by atoms with van der Waals surface area (Å²) in [5, 5.41) is 3.90. The van der Waals surface area contributed by atoms with E-state index in [0.717, 1.165) is 4.47 Å². The van der Waals surface area contributed by atoms with Crippen LogP contribution in [0.5, 0.6) is 0 Å². The molecular weight excluding hydrogens is 523 g/mol. The van der Waals surface area contributed by atoms with Crippen molar-refractivity contribution in [1.29, 1.82) is 0 Å². The average Bonchev–Trinajstić information content (AvgIpc) is 2.68. The van der Waals surface area contributed by atoms with E-state index < -0.39 is 15.9 Å². The van der Waals surface area contributed by atoms with Gasteiger partial charge in [-0.2, -0.15) is 0 Å². The molecule has 0 aliphatic carbocycles. The Balaban J connectivity index is 1.70. The smallest absolute Gasteiger partial charge is 0.228 e. The van der Waals surface area contributed by atoms with E-state index in [1.165, 1.54) is 4.31 Å². The number of sulfonamides is 1. The van der Waals surface area contributed by atoms with Gasteiger partial charge in [0.25, 0.3) is 0 Å². The maximum absolute atomic E-state index is 12.9. The monoisotopic (exact) mass is 538 g/mol. The highest BCUT2D eigenvalue weighted by atomic mass is 79.9. The number of piperidine rings is 1. The van der Waals surface area contributed by atoms with E-state index in [4.69, 9.17) is 34.8 Å². The lowest BCUT2D eigenvalue weighted by molar-refractivity contribution is -0.120. The van der Waals surface area contributed by atoms with Gasteiger partial charge in [-0.25, -0.2) is 12.7 Å². The van der Waals surface area contributed by atoms with E-state index in [-0.39, 0.29) is 18.2 Å². The van der Waals surface area contributed by atoms with Gasteiger partial charge in [0.05, 0.1) is 16.7 Å². The fourth-order valence-electron chi connectivity index (χ4n) is 3.17. The molecule has 1 aliphatic rings. The van der Waals surface area contributed by atoms with Crippen molar-refractivity contribution in [2.75, 3.05) is 18.4 Å². The Morgan fingerprint density at radius 1 is 1.14 bits per heavy atom. The summed E-state index contributed by atoms with van der Waals surface area (Å²) in [7, 11) is -3.68. The van der Waals surface area contributed by atoms with E-state index in [9.17, 15) is 13.2 Å². The molecule has 1 aliphatic heterocycles. The van der Waals surface area contributed by atoms with Crippen LogP contribution in [-0.2, 0) is 20.6 Å². The van der Waals surface area contributed by atoms with Gasteiger partial charge in [0, 0.05) is 38.9 Å². The quantitative estimate of drug-likeness (QED) is 0.538. The second-order valence-electron chi connectivity index (χ2n) is 6.77. The highest BCUT2D eigenvalue weighted by Crippen LogP contribution is 2.30. The van der Waals surface area contributed by atoms with Crippen LogP contribution >= 0.6 is 50.7 Å². The number of carbonyl (C=O) groups is 1. The molecule has 1 saturated heterocycles. The number of anilines is 1. The SMILES string of the molecule is O=C(Nc1ccc(Br)c(Cl)c1)[C@@H]1CCCN(S(=O)(=O)Cc2c(Cl)cccc2Cl)C1. The standard InChI is InChI=1S/C19H18BrCl3N2O3S/c20-15-7-6-13(9-18(15)23)24-19(26)12-3-2-8-25(10-12)29(27,28)11-14-16(21)4-1-5-17(14)22/h1,4-7,9,12H,2-3,8,10-11H2,(H,24,26)/t12-/m1/s1. The van der Waals surface area contributed by atoms with Gasteiger partial charge < -0.3 is 5.32 Å². The van der Waals surface area contributed by atoms with Crippen molar-refractivity contribution in [3.63, 3.8) is 0 Å². The lowest BCUT2D eigenvalue weighted by Crippen LogP contribution is -2.44. The van der Waals surface area contributed by atoms with E-state index in [1.54, 1.807) is 36.4 Å².